The largest absolute Gasteiger partial charge is 0.494 e. The number of carboxylic acids is 1. The van der Waals surface area contributed by atoms with E-state index < -0.39 is 41.1 Å². The molecule has 1 aliphatic rings. The van der Waals surface area contributed by atoms with E-state index in [1.54, 1.807) is 35.6 Å². The van der Waals surface area contributed by atoms with Gasteiger partial charge in [-0.2, -0.15) is 0 Å². The zero-order valence-electron chi connectivity index (χ0n) is 17.0. The number of benzene rings is 1. The molecule has 4 rings (SSSR count). The average Bonchev–Trinajstić information content (AvgIpc) is 3.42. The Morgan fingerprint density at radius 3 is 2.44 bits per heavy atom. The molecule has 2 heterocycles. The minimum Gasteiger partial charge on any atom is -0.494 e. The first-order valence-corrected chi connectivity index (χ1v) is 11.0. The van der Waals surface area contributed by atoms with Crippen molar-refractivity contribution in [3.05, 3.63) is 68.2 Å². The first-order chi connectivity index (χ1) is 15.4. The Morgan fingerprint density at radius 2 is 1.84 bits per heavy atom. The van der Waals surface area contributed by atoms with Crippen molar-refractivity contribution in [2.24, 2.45) is 5.92 Å². The molecule has 9 nitrogen and oxygen atoms in total. The first kappa shape index (κ1) is 21.6. The number of carboxylic acid groups (broad SMARTS) is 1. The number of carbonyl (C=O) groups excluding carboxylic acids is 1. The maximum Gasteiger partial charge on any atom is 0.338 e. The molecule has 0 aliphatic heterocycles. The molecule has 0 spiro atoms. The highest BCUT2D eigenvalue weighted by atomic mass is 32.1. The molecule has 2 aromatic heterocycles. The highest BCUT2D eigenvalue weighted by Gasteiger charge is 2.27. The third-order valence-electron chi connectivity index (χ3n) is 5.33. The molecule has 0 radical (unpaired) electrons. The molecule has 0 atom stereocenters. The van der Waals surface area contributed by atoms with E-state index in [4.69, 9.17) is 5.11 Å². The number of aromatic hydroxyl groups is 1. The van der Waals surface area contributed by atoms with E-state index in [1.807, 2.05) is 17.5 Å². The quantitative estimate of drug-likeness (QED) is 0.477. The molecule has 1 saturated carbocycles. The van der Waals surface area contributed by atoms with Gasteiger partial charge in [0.05, 0.1) is 5.69 Å². The lowest BCUT2D eigenvalue weighted by molar-refractivity contribution is -0.135. The molecule has 1 aliphatic carbocycles. The van der Waals surface area contributed by atoms with Crippen LogP contribution in [0.2, 0.25) is 0 Å². The molecule has 3 aromatic rings. The third kappa shape index (κ3) is 4.35. The Balaban J connectivity index is 1.81. The molecule has 3 N–H and O–H groups in total. The van der Waals surface area contributed by atoms with E-state index in [-0.39, 0.29) is 12.2 Å². The number of nitrogens with zero attached hydrogens (tertiary/aromatic N) is 2. The van der Waals surface area contributed by atoms with Crippen LogP contribution >= 0.6 is 11.3 Å². The molecule has 1 fully saturated rings. The number of rotatable bonds is 8. The highest BCUT2D eigenvalue weighted by molar-refractivity contribution is 7.13. The lowest BCUT2D eigenvalue weighted by Crippen LogP contribution is -2.44. The van der Waals surface area contributed by atoms with Crippen molar-refractivity contribution in [1.29, 1.82) is 0 Å². The van der Waals surface area contributed by atoms with E-state index in [9.17, 15) is 24.3 Å². The molecular weight excluding hydrogens is 434 g/mol. The number of thiophene rings is 1. The second-order valence-corrected chi connectivity index (χ2v) is 8.55. The summed E-state index contributed by atoms with van der Waals surface area (Å²) in [7, 11) is 0. The van der Waals surface area contributed by atoms with Gasteiger partial charge in [-0.15, -0.1) is 11.3 Å². The average molecular weight is 455 g/mol. The van der Waals surface area contributed by atoms with Gasteiger partial charge in [-0.3, -0.25) is 19.0 Å². The minimum absolute atomic E-state index is 0.141. The Labute approximate surface area is 186 Å². The Bertz CT molecular complexity index is 1270. The number of aromatic nitrogens is 2. The molecular formula is C22H21N3O6S. The zero-order chi connectivity index (χ0) is 22.8. The summed E-state index contributed by atoms with van der Waals surface area (Å²) in [6.07, 6.45) is 2.69. The van der Waals surface area contributed by atoms with Gasteiger partial charge in [-0.05, 0) is 41.5 Å². The number of amides is 1. The van der Waals surface area contributed by atoms with Gasteiger partial charge in [0.1, 0.15) is 6.54 Å². The van der Waals surface area contributed by atoms with Crippen LogP contribution in [0.3, 0.4) is 0 Å². The fourth-order valence-electron chi connectivity index (χ4n) is 3.45. The molecule has 0 bridgehead atoms. The maximum atomic E-state index is 13.1. The van der Waals surface area contributed by atoms with E-state index >= 15 is 0 Å². The fourth-order valence-corrected chi connectivity index (χ4v) is 4.18. The van der Waals surface area contributed by atoms with Crippen LogP contribution in [0.4, 0.5) is 0 Å². The SMILES string of the molecule is O=C(O)CNC(=O)c1c(O)n(CCC2CC2)c(=O)n(-c2ccc(-c3cccs3)cc2)c1=O. The van der Waals surface area contributed by atoms with Crippen LogP contribution in [0.1, 0.15) is 29.6 Å². The van der Waals surface area contributed by atoms with Gasteiger partial charge in [-0.25, -0.2) is 9.36 Å². The van der Waals surface area contributed by atoms with Crippen molar-refractivity contribution in [2.75, 3.05) is 6.54 Å². The van der Waals surface area contributed by atoms with Crippen molar-refractivity contribution < 1.29 is 19.8 Å². The van der Waals surface area contributed by atoms with Crippen molar-refractivity contribution in [3.8, 4) is 22.0 Å². The van der Waals surface area contributed by atoms with E-state index in [1.165, 1.54) is 0 Å². The van der Waals surface area contributed by atoms with Gasteiger partial charge in [0.25, 0.3) is 11.5 Å². The second-order valence-electron chi connectivity index (χ2n) is 7.61. The number of carbonyl (C=O) groups is 2. The predicted octanol–water partition coefficient (Wildman–Crippen LogP) is 2.05. The summed E-state index contributed by atoms with van der Waals surface area (Å²) in [4.78, 5) is 50.6. The normalized spacial score (nSPS) is 13.1. The molecule has 166 valence electrons. The molecule has 1 amide bonds. The molecule has 10 heteroatoms. The number of aliphatic carboxylic acids is 1. The summed E-state index contributed by atoms with van der Waals surface area (Å²) < 4.78 is 1.84. The molecule has 0 saturated heterocycles. The van der Waals surface area contributed by atoms with Crippen LogP contribution < -0.4 is 16.6 Å². The number of hydrogen-bond donors (Lipinski definition) is 3. The summed E-state index contributed by atoms with van der Waals surface area (Å²) in [6.45, 7) is -0.587. The minimum atomic E-state index is -1.30. The predicted molar refractivity (Wildman–Crippen MR) is 119 cm³/mol. The maximum absolute atomic E-state index is 13.1. The summed E-state index contributed by atoms with van der Waals surface area (Å²) >= 11 is 1.55. The van der Waals surface area contributed by atoms with Crippen molar-refractivity contribution in [1.82, 2.24) is 14.5 Å². The van der Waals surface area contributed by atoms with Crippen LogP contribution in [0.25, 0.3) is 16.1 Å². The van der Waals surface area contributed by atoms with Crippen molar-refractivity contribution in [2.45, 2.75) is 25.8 Å². The third-order valence-corrected chi connectivity index (χ3v) is 6.25. The Morgan fingerprint density at radius 1 is 1.12 bits per heavy atom. The number of nitrogens with one attached hydrogen (secondary N) is 1. The zero-order valence-corrected chi connectivity index (χ0v) is 17.8. The summed E-state index contributed by atoms with van der Waals surface area (Å²) in [5.41, 5.74) is -1.28. The highest BCUT2D eigenvalue weighted by Crippen LogP contribution is 2.33. The number of hydrogen-bond acceptors (Lipinski definition) is 6. The van der Waals surface area contributed by atoms with Gasteiger partial charge in [0.15, 0.2) is 5.56 Å². The summed E-state index contributed by atoms with van der Waals surface area (Å²) in [5, 5.41) is 23.4. The first-order valence-electron chi connectivity index (χ1n) is 10.1. The van der Waals surface area contributed by atoms with Crippen LogP contribution in [-0.2, 0) is 11.3 Å². The van der Waals surface area contributed by atoms with E-state index in [0.717, 1.165) is 32.4 Å². The van der Waals surface area contributed by atoms with Gasteiger partial charge >= 0.3 is 11.7 Å². The Kier molecular flexibility index (Phi) is 5.95. The Hall–Kier alpha value is -3.66. The monoisotopic (exact) mass is 455 g/mol. The fraction of sp³-hybridized carbons (Fsp3) is 0.273. The molecule has 32 heavy (non-hydrogen) atoms. The summed E-state index contributed by atoms with van der Waals surface area (Å²) in [5.74, 6) is -2.67. The van der Waals surface area contributed by atoms with Crippen molar-refractivity contribution in [3.63, 3.8) is 0 Å². The van der Waals surface area contributed by atoms with Crippen LogP contribution in [0, 0.1) is 5.92 Å². The summed E-state index contributed by atoms with van der Waals surface area (Å²) in [6, 6.07) is 10.6. The van der Waals surface area contributed by atoms with Gasteiger partial charge in [0, 0.05) is 11.4 Å². The van der Waals surface area contributed by atoms with Crippen LogP contribution in [0.5, 0.6) is 5.88 Å². The van der Waals surface area contributed by atoms with Crippen LogP contribution in [-0.4, -0.2) is 37.8 Å². The van der Waals surface area contributed by atoms with Gasteiger partial charge < -0.3 is 15.5 Å². The lowest BCUT2D eigenvalue weighted by Gasteiger charge is -2.15. The molecule has 0 unspecified atom stereocenters. The van der Waals surface area contributed by atoms with E-state index in [2.05, 4.69) is 5.32 Å². The van der Waals surface area contributed by atoms with E-state index in [0.29, 0.717) is 12.3 Å². The molecule has 1 aromatic carbocycles. The smallest absolute Gasteiger partial charge is 0.338 e. The lowest BCUT2D eigenvalue weighted by atomic mass is 10.1. The van der Waals surface area contributed by atoms with Gasteiger partial charge in [-0.1, -0.05) is 31.0 Å². The standard InChI is InChI=1S/C22H21N3O6S/c26-17(27)12-23-19(28)18-20(29)24(10-9-13-3-4-13)22(31)25(21(18)30)15-7-5-14(6-8-15)16-2-1-11-32-16/h1-2,5-8,11,13,29H,3-4,9-10,12H2,(H,23,28)(H,26,27). The van der Waals surface area contributed by atoms with Crippen LogP contribution in [0.15, 0.2) is 51.4 Å². The van der Waals surface area contributed by atoms with Crippen molar-refractivity contribution >= 4 is 23.2 Å². The van der Waals surface area contributed by atoms with Gasteiger partial charge in [0.2, 0.25) is 5.88 Å². The topological polar surface area (TPSA) is 131 Å². The second kappa shape index (κ2) is 8.83.